The van der Waals surface area contributed by atoms with E-state index in [1.807, 2.05) is 13.1 Å². The van der Waals surface area contributed by atoms with Gasteiger partial charge in [0.15, 0.2) is 5.96 Å². The van der Waals surface area contributed by atoms with Gasteiger partial charge in [0.1, 0.15) is 10.8 Å². The van der Waals surface area contributed by atoms with E-state index in [2.05, 4.69) is 27.5 Å². The van der Waals surface area contributed by atoms with Crippen LogP contribution in [-0.4, -0.2) is 31.1 Å². The van der Waals surface area contributed by atoms with Crippen LogP contribution in [0.4, 0.5) is 4.39 Å². The highest BCUT2D eigenvalue weighted by molar-refractivity contribution is 14.0. The van der Waals surface area contributed by atoms with Gasteiger partial charge in [-0.25, -0.2) is 14.4 Å². The monoisotopic (exact) mass is 492 g/mol. The molecule has 0 fully saturated rings. The molecule has 1 heterocycles. The lowest BCUT2D eigenvalue weighted by Crippen LogP contribution is -2.39. The van der Waals surface area contributed by atoms with E-state index in [0.29, 0.717) is 19.0 Å². The average molecular weight is 492 g/mol. The van der Waals surface area contributed by atoms with Gasteiger partial charge >= 0.3 is 0 Å². The van der Waals surface area contributed by atoms with E-state index in [-0.39, 0.29) is 35.9 Å². The fraction of sp³-hybridized carbons (Fsp3) is 0.444. The van der Waals surface area contributed by atoms with E-state index in [9.17, 15) is 4.39 Å². The lowest BCUT2D eigenvalue weighted by molar-refractivity contribution is 0.106. The van der Waals surface area contributed by atoms with Crippen LogP contribution in [0.5, 0.6) is 0 Å². The van der Waals surface area contributed by atoms with Crippen LogP contribution in [0.25, 0.3) is 0 Å². The largest absolute Gasteiger partial charge is 0.375 e. The van der Waals surface area contributed by atoms with Crippen molar-refractivity contribution in [1.29, 1.82) is 0 Å². The SMILES string of the molecule is CCNC(=NCc1ncc(CC)s1)NCC(OC)c1ccc(F)cc1.I. The molecule has 1 aromatic heterocycles. The lowest BCUT2D eigenvalue weighted by Gasteiger charge is -2.18. The van der Waals surface area contributed by atoms with Crippen LogP contribution >= 0.6 is 35.3 Å². The number of guanidine groups is 1. The first-order valence-corrected chi connectivity index (χ1v) is 9.21. The number of thiazole rings is 1. The van der Waals surface area contributed by atoms with Crippen LogP contribution in [0.3, 0.4) is 0 Å². The fourth-order valence-electron chi connectivity index (χ4n) is 2.28. The minimum Gasteiger partial charge on any atom is -0.375 e. The zero-order valence-corrected chi connectivity index (χ0v) is 18.4. The van der Waals surface area contributed by atoms with Crippen molar-refractivity contribution in [3.05, 3.63) is 51.7 Å². The molecular formula is C18H26FIN4OS. The molecule has 0 bridgehead atoms. The summed E-state index contributed by atoms with van der Waals surface area (Å²) in [4.78, 5) is 10.2. The highest BCUT2D eigenvalue weighted by Gasteiger charge is 2.11. The molecule has 2 aromatic rings. The molecule has 0 aliphatic rings. The Labute approximate surface area is 175 Å². The maximum absolute atomic E-state index is 13.1. The molecule has 0 saturated carbocycles. The first-order chi connectivity index (χ1) is 12.2. The molecule has 1 aromatic carbocycles. The number of nitrogens with one attached hydrogen (secondary N) is 2. The van der Waals surface area contributed by atoms with Gasteiger partial charge < -0.3 is 15.4 Å². The van der Waals surface area contributed by atoms with Gasteiger partial charge in [-0.1, -0.05) is 19.1 Å². The number of rotatable bonds is 8. The van der Waals surface area contributed by atoms with Crippen molar-refractivity contribution in [2.45, 2.75) is 32.9 Å². The molecule has 26 heavy (non-hydrogen) atoms. The molecule has 1 unspecified atom stereocenters. The number of halogens is 2. The minimum absolute atomic E-state index is 0. The second kappa shape index (κ2) is 12.2. The summed E-state index contributed by atoms with van der Waals surface area (Å²) < 4.78 is 18.6. The number of hydrogen-bond acceptors (Lipinski definition) is 4. The molecule has 8 heteroatoms. The molecule has 1 atom stereocenters. The summed E-state index contributed by atoms with van der Waals surface area (Å²) in [5.41, 5.74) is 0.916. The number of aryl methyl sites for hydroxylation is 1. The Morgan fingerprint density at radius 2 is 2.00 bits per heavy atom. The van der Waals surface area contributed by atoms with Gasteiger partial charge in [-0.3, -0.25) is 0 Å². The van der Waals surface area contributed by atoms with Gasteiger partial charge in [-0.05, 0) is 31.0 Å². The molecule has 0 aliphatic heterocycles. The summed E-state index contributed by atoms with van der Waals surface area (Å²) >= 11 is 1.69. The molecule has 2 N–H and O–H groups in total. The first kappa shape index (κ1) is 22.8. The fourth-order valence-corrected chi connectivity index (χ4v) is 3.06. The number of ether oxygens (including phenoxy) is 1. The van der Waals surface area contributed by atoms with Crippen molar-refractivity contribution in [1.82, 2.24) is 15.6 Å². The topological polar surface area (TPSA) is 58.5 Å². The molecule has 144 valence electrons. The predicted molar refractivity (Wildman–Crippen MR) is 116 cm³/mol. The summed E-state index contributed by atoms with van der Waals surface area (Å²) in [6, 6.07) is 6.34. The number of benzene rings is 1. The standard InChI is InChI=1S/C18H25FN4OS.HI/c1-4-15-10-21-17(25-15)12-23-18(20-5-2)22-11-16(24-3)13-6-8-14(19)9-7-13;/h6-10,16H,4-5,11-12H2,1-3H3,(H2,20,22,23);1H. The van der Waals surface area contributed by atoms with Crippen LogP contribution in [-0.2, 0) is 17.7 Å². The zero-order valence-electron chi connectivity index (χ0n) is 15.3. The van der Waals surface area contributed by atoms with Gasteiger partial charge in [-0.2, -0.15) is 0 Å². The Morgan fingerprint density at radius 1 is 1.27 bits per heavy atom. The molecule has 2 rings (SSSR count). The van der Waals surface area contributed by atoms with E-state index in [1.165, 1.54) is 17.0 Å². The van der Waals surface area contributed by atoms with Gasteiger partial charge in [-0.15, -0.1) is 35.3 Å². The third-order valence-electron chi connectivity index (χ3n) is 3.65. The van der Waals surface area contributed by atoms with E-state index in [4.69, 9.17) is 4.74 Å². The quantitative estimate of drug-likeness (QED) is 0.334. The van der Waals surface area contributed by atoms with Crippen LogP contribution in [0.1, 0.15) is 35.4 Å². The maximum Gasteiger partial charge on any atom is 0.191 e. The predicted octanol–water partition coefficient (Wildman–Crippen LogP) is 3.91. The van der Waals surface area contributed by atoms with Crippen LogP contribution in [0, 0.1) is 5.82 Å². The number of nitrogens with zero attached hydrogens (tertiary/aromatic N) is 2. The van der Waals surface area contributed by atoms with Gasteiger partial charge in [0, 0.05) is 31.3 Å². The highest BCUT2D eigenvalue weighted by Crippen LogP contribution is 2.16. The number of aromatic nitrogens is 1. The summed E-state index contributed by atoms with van der Waals surface area (Å²) in [6.45, 7) is 5.97. The van der Waals surface area contributed by atoms with Gasteiger partial charge in [0.2, 0.25) is 0 Å². The Hall–Kier alpha value is -1.26. The Bertz CT molecular complexity index is 678. The molecule has 0 saturated heterocycles. The summed E-state index contributed by atoms with van der Waals surface area (Å²) in [6.07, 6.45) is 2.72. The van der Waals surface area contributed by atoms with Crippen molar-refractivity contribution < 1.29 is 9.13 Å². The van der Waals surface area contributed by atoms with Crippen molar-refractivity contribution in [2.24, 2.45) is 4.99 Å². The summed E-state index contributed by atoms with van der Waals surface area (Å²) in [7, 11) is 1.64. The molecular weight excluding hydrogens is 466 g/mol. The molecule has 0 amide bonds. The van der Waals surface area contributed by atoms with E-state index >= 15 is 0 Å². The second-order valence-electron chi connectivity index (χ2n) is 5.43. The molecule has 0 radical (unpaired) electrons. The van der Waals surface area contributed by atoms with E-state index in [0.717, 1.165) is 23.5 Å². The van der Waals surface area contributed by atoms with Crippen LogP contribution in [0.2, 0.25) is 0 Å². The van der Waals surface area contributed by atoms with Crippen molar-refractivity contribution >= 4 is 41.3 Å². The minimum atomic E-state index is -0.253. The highest BCUT2D eigenvalue weighted by atomic mass is 127. The lowest BCUT2D eigenvalue weighted by atomic mass is 10.1. The third kappa shape index (κ3) is 7.16. The zero-order chi connectivity index (χ0) is 18.1. The van der Waals surface area contributed by atoms with Crippen molar-refractivity contribution in [2.75, 3.05) is 20.2 Å². The van der Waals surface area contributed by atoms with Gasteiger partial charge in [0.25, 0.3) is 0 Å². The molecule has 0 spiro atoms. The smallest absolute Gasteiger partial charge is 0.191 e. The first-order valence-electron chi connectivity index (χ1n) is 8.40. The summed E-state index contributed by atoms with van der Waals surface area (Å²) in [5, 5.41) is 7.48. The molecule has 5 nitrogen and oxygen atoms in total. The second-order valence-corrected chi connectivity index (χ2v) is 6.63. The van der Waals surface area contributed by atoms with E-state index < -0.39 is 0 Å². The van der Waals surface area contributed by atoms with Crippen LogP contribution < -0.4 is 10.6 Å². The Kier molecular flexibility index (Phi) is 10.7. The average Bonchev–Trinajstić information content (AvgIpc) is 3.09. The van der Waals surface area contributed by atoms with E-state index in [1.54, 1.807) is 30.6 Å². The summed E-state index contributed by atoms with van der Waals surface area (Å²) in [5.74, 6) is 0.455. The number of methoxy groups -OCH3 is 1. The maximum atomic E-state index is 13.1. The van der Waals surface area contributed by atoms with Gasteiger partial charge in [0.05, 0.1) is 12.6 Å². The van der Waals surface area contributed by atoms with Crippen molar-refractivity contribution in [3.8, 4) is 0 Å². The molecule has 0 aliphatic carbocycles. The number of aliphatic imine (C=N–C) groups is 1. The van der Waals surface area contributed by atoms with Crippen molar-refractivity contribution in [3.63, 3.8) is 0 Å². The normalized spacial score (nSPS) is 12.4. The van der Waals surface area contributed by atoms with Crippen LogP contribution in [0.15, 0.2) is 35.5 Å². The Morgan fingerprint density at radius 3 is 2.58 bits per heavy atom. The number of hydrogen-bond donors (Lipinski definition) is 2. The third-order valence-corrected chi connectivity index (χ3v) is 4.77. The Balaban J connectivity index is 0.00000338.